The summed E-state index contributed by atoms with van der Waals surface area (Å²) in [5.41, 5.74) is 0.238. The Morgan fingerprint density at radius 3 is 2.59 bits per heavy atom. The van der Waals surface area contributed by atoms with E-state index >= 15 is 0 Å². The molecule has 0 spiro atoms. The molecule has 2 fully saturated rings. The Labute approximate surface area is 169 Å². The van der Waals surface area contributed by atoms with E-state index in [1.54, 1.807) is 11.3 Å². The normalized spacial score (nSPS) is 23.1. The predicted molar refractivity (Wildman–Crippen MR) is 117 cm³/mol. The van der Waals surface area contributed by atoms with Gasteiger partial charge in [-0.2, -0.15) is 0 Å². The number of thiophene rings is 1. The Morgan fingerprint density at radius 1 is 1.22 bits per heavy atom. The van der Waals surface area contributed by atoms with E-state index in [-0.39, 0.29) is 11.6 Å². The van der Waals surface area contributed by atoms with Crippen LogP contribution >= 0.6 is 11.3 Å². The van der Waals surface area contributed by atoms with Crippen molar-refractivity contribution in [2.24, 2.45) is 4.99 Å². The smallest absolute Gasteiger partial charge is 0.191 e. The Bertz CT molecular complexity index is 571. The van der Waals surface area contributed by atoms with Gasteiger partial charge in [-0.25, -0.2) is 0 Å². The van der Waals surface area contributed by atoms with Gasteiger partial charge in [0.05, 0.1) is 12.6 Å². The van der Waals surface area contributed by atoms with Gasteiger partial charge in [0.1, 0.15) is 0 Å². The van der Waals surface area contributed by atoms with Gasteiger partial charge in [0.2, 0.25) is 0 Å². The molecule has 2 N–H and O–H groups in total. The molecule has 2 saturated heterocycles. The van der Waals surface area contributed by atoms with Crippen molar-refractivity contribution < 1.29 is 0 Å². The fraction of sp³-hybridized carbons (Fsp3) is 0.762. The van der Waals surface area contributed by atoms with Crippen LogP contribution in [0.3, 0.4) is 0 Å². The molecule has 0 aliphatic carbocycles. The van der Waals surface area contributed by atoms with Gasteiger partial charge < -0.3 is 15.5 Å². The second-order valence-electron chi connectivity index (χ2n) is 8.15. The molecular weight excluding hydrogens is 354 g/mol. The highest BCUT2D eigenvalue weighted by Crippen LogP contribution is 2.31. The summed E-state index contributed by atoms with van der Waals surface area (Å²) in [5.74, 6) is 0.953. The van der Waals surface area contributed by atoms with E-state index in [0.29, 0.717) is 0 Å². The first-order chi connectivity index (χ1) is 13.1. The van der Waals surface area contributed by atoms with Crippen LogP contribution in [-0.4, -0.2) is 67.6 Å². The van der Waals surface area contributed by atoms with E-state index in [9.17, 15) is 0 Å². The monoisotopic (exact) mass is 391 g/mol. The van der Waals surface area contributed by atoms with Crippen molar-refractivity contribution in [2.75, 3.05) is 46.3 Å². The number of likely N-dealkylation sites (tertiary alicyclic amines) is 2. The molecule has 1 unspecified atom stereocenters. The Balaban J connectivity index is 1.71. The number of hydrogen-bond acceptors (Lipinski definition) is 4. The molecule has 1 aromatic rings. The van der Waals surface area contributed by atoms with Gasteiger partial charge in [0.25, 0.3) is 0 Å². The van der Waals surface area contributed by atoms with Gasteiger partial charge in [0, 0.05) is 17.0 Å². The minimum atomic E-state index is 0.238. The van der Waals surface area contributed by atoms with E-state index in [4.69, 9.17) is 4.99 Å². The molecule has 0 aromatic carbocycles. The maximum Gasteiger partial charge on any atom is 0.191 e. The van der Waals surface area contributed by atoms with Crippen molar-refractivity contribution in [2.45, 2.75) is 57.5 Å². The minimum absolute atomic E-state index is 0.238. The first-order valence-electron chi connectivity index (χ1n) is 10.6. The average molecular weight is 392 g/mol. The Morgan fingerprint density at radius 2 is 1.96 bits per heavy atom. The molecule has 27 heavy (non-hydrogen) atoms. The molecule has 3 heterocycles. The molecule has 6 heteroatoms. The molecule has 2 aliphatic heterocycles. The Hall–Kier alpha value is -1.11. The van der Waals surface area contributed by atoms with Gasteiger partial charge in [-0.05, 0) is 84.2 Å². The van der Waals surface area contributed by atoms with Gasteiger partial charge in [-0.15, -0.1) is 11.3 Å². The zero-order chi connectivity index (χ0) is 19.1. The number of piperidine rings is 2. The van der Waals surface area contributed by atoms with Gasteiger partial charge in [0.15, 0.2) is 5.96 Å². The number of nitrogens with one attached hydrogen (secondary N) is 2. The fourth-order valence-corrected chi connectivity index (χ4v) is 5.07. The highest BCUT2D eigenvalue weighted by atomic mass is 32.1. The zero-order valence-corrected chi connectivity index (χ0v) is 18.2. The van der Waals surface area contributed by atoms with E-state index in [2.05, 4.69) is 58.8 Å². The van der Waals surface area contributed by atoms with E-state index < -0.39 is 0 Å². The molecule has 2 aliphatic rings. The molecule has 0 saturated carbocycles. The van der Waals surface area contributed by atoms with Crippen molar-refractivity contribution in [1.29, 1.82) is 0 Å². The second-order valence-corrected chi connectivity index (χ2v) is 9.13. The average Bonchev–Trinajstić information content (AvgIpc) is 3.23. The van der Waals surface area contributed by atoms with Crippen LogP contribution in [0.4, 0.5) is 0 Å². The maximum atomic E-state index is 5.10. The van der Waals surface area contributed by atoms with E-state index in [1.165, 1.54) is 63.2 Å². The highest BCUT2D eigenvalue weighted by molar-refractivity contribution is 7.10. The number of rotatable bonds is 6. The van der Waals surface area contributed by atoms with Crippen LogP contribution in [0, 0.1) is 0 Å². The molecule has 1 aromatic heterocycles. The summed E-state index contributed by atoms with van der Waals surface area (Å²) < 4.78 is 0. The van der Waals surface area contributed by atoms with Gasteiger partial charge in [-0.1, -0.05) is 12.5 Å². The zero-order valence-electron chi connectivity index (χ0n) is 17.3. The van der Waals surface area contributed by atoms with Crippen molar-refractivity contribution in [1.82, 2.24) is 20.4 Å². The van der Waals surface area contributed by atoms with Gasteiger partial charge in [-0.3, -0.25) is 9.89 Å². The van der Waals surface area contributed by atoms with Crippen molar-refractivity contribution in [3.05, 3.63) is 22.4 Å². The molecule has 1 atom stereocenters. The van der Waals surface area contributed by atoms with Crippen LogP contribution in [0.15, 0.2) is 22.5 Å². The highest BCUT2D eigenvalue weighted by Gasteiger charge is 2.39. The van der Waals surface area contributed by atoms with Crippen molar-refractivity contribution in [3.63, 3.8) is 0 Å². The molecular formula is C21H37N5S. The second kappa shape index (κ2) is 9.89. The van der Waals surface area contributed by atoms with Crippen LogP contribution in [-0.2, 0) is 0 Å². The minimum Gasteiger partial charge on any atom is -0.357 e. The van der Waals surface area contributed by atoms with Crippen molar-refractivity contribution >= 4 is 17.3 Å². The van der Waals surface area contributed by atoms with E-state index in [1.807, 2.05) is 0 Å². The molecule has 0 amide bonds. The maximum absolute atomic E-state index is 5.10. The molecule has 152 valence electrons. The lowest BCUT2D eigenvalue weighted by atomic mass is 9.84. The summed E-state index contributed by atoms with van der Waals surface area (Å²) in [4.78, 5) is 11.7. The predicted octanol–water partition coefficient (Wildman–Crippen LogP) is 3.31. The molecule has 0 radical (unpaired) electrons. The number of hydrogen-bond donors (Lipinski definition) is 2. The lowest BCUT2D eigenvalue weighted by molar-refractivity contribution is 0.0208. The molecule has 5 nitrogen and oxygen atoms in total. The van der Waals surface area contributed by atoms with Crippen LogP contribution in [0.25, 0.3) is 0 Å². The topological polar surface area (TPSA) is 42.9 Å². The third-order valence-electron chi connectivity index (χ3n) is 6.14. The summed E-state index contributed by atoms with van der Waals surface area (Å²) in [6.07, 6.45) is 6.53. The fourth-order valence-electron chi connectivity index (χ4n) is 4.34. The van der Waals surface area contributed by atoms with Crippen LogP contribution < -0.4 is 10.6 Å². The summed E-state index contributed by atoms with van der Waals surface area (Å²) >= 11 is 1.80. The lowest BCUT2D eigenvalue weighted by Crippen LogP contribution is -2.58. The first-order valence-corrected chi connectivity index (χ1v) is 11.5. The van der Waals surface area contributed by atoms with Gasteiger partial charge >= 0.3 is 0 Å². The van der Waals surface area contributed by atoms with Crippen LogP contribution in [0.5, 0.6) is 0 Å². The standard InChI is InChI=1S/C21H37N5S/c1-4-22-20(24-18(2)19-9-8-16-27-19)23-17-21(10-14-25(3)15-11-21)26-12-6-5-7-13-26/h8-9,16,18H,4-7,10-15,17H2,1-3H3,(H2,22,23,24). The summed E-state index contributed by atoms with van der Waals surface area (Å²) in [6, 6.07) is 4.59. The Kier molecular flexibility index (Phi) is 7.56. The summed E-state index contributed by atoms with van der Waals surface area (Å²) in [6.45, 7) is 11.0. The number of aliphatic imine (C=N–C) groups is 1. The quantitative estimate of drug-likeness (QED) is 0.577. The molecule has 0 bridgehead atoms. The van der Waals surface area contributed by atoms with E-state index in [0.717, 1.165) is 19.0 Å². The largest absolute Gasteiger partial charge is 0.357 e. The first kappa shape index (κ1) is 20.6. The van der Waals surface area contributed by atoms with Crippen LogP contribution in [0.2, 0.25) is 0 Å². The summed E-state index contributed by atoms with van der Waals surface area (Å²) in [7, 11) is 2.25. The van der Waals surface area contributed by atoms with Crippen molar-refractivity contribution in [3.8, 4) is 0 Å². The third kappa shape index (κ3) is 5.46. The SMILES string of the molecule is CCNC(=NCC1(N2CCCCC2)CCN(C)CC1)NC(C)c1cccs1. The number of nitrogens with zero attached hydrogens (tertiary/aromatic N) is 3. The molecule has 3 rings (SSSR count). The van der Waals surface area contributed by atoms with Crippen LogP contribution in [0.1, 0.15) is 56.9 Å². The number of guanidine groups is 1. The third-order valence-corrected chi connectivity index (χ3v) is 7.20. The lowest BCUT2D eigenvalue weighted by Gasteiger charge is -2.49. The summed E-state index contributed by atoms with van der Waals surface area (Å²) in [5, 5.41) is 9.21.